The van der Waals surface area contributed by atoms with E-state index in [1.807, 2.05) is 0 Å². The van der Waals surface area contributed by atoms with Gasteiger partial charge in [0.2, 0.25) is 5.03 Å². The third-order valence-electron chi connectivity index (χ3n) is 3.34. The highest BCUT2D eigenvalue weighted by molar-refractivity contribution is 9.10. The first-order valence-electron chi connectivity index (χ1n) is 6.18. The molecule has 1 N–H and O–H groups in total. The Kier molecular flexibility index (Phi) is 4.66. The van der Waals surface area contributed by atoms with Gasteiger partial charge in [0.05, 0.1) is 25.2 Å². The van der Waals surface area contributed by atoms with Crippen molar-refractivity contribution in [3.8, 4) is 0 Å². The van der Waals surface area contributed by atoms with E-state index in [1.165, 1.54) is 7.05 Å². The molecule has 9 nitrogen and oxygen atoms in total. The Hall–Kier alpha value is -1.04. The van der Waals surface area contributed by atoms with Crippen molar-refractivity contribution in [2.45, 2.75) is 18.0 Å². The number of rotatable bonds is 5. The number of sulfonamides is 1. The fourth-order valence-electron chi connectivity index (χ4n) is 2.35. The molecule has 0 saturated carbocycles. The normalized spacial score (nSPS) is 22.9. The number of carboxylic acids is 1. The summed E-state index contributed by atoms with van der Waals surface area (Å²) in [6.45, 7) is 1.81. The van der Waals surface area contributed by atoms with Crippen LogP contribution in [0.15, 0.2) is 9.63 Å². The molecule has 0 spiro atoms. The van der Waals surface area contributed by atoms with Crippen LogP contribution < -0.4 is 0 Å². The highest BCUT2D eigenvalue weighted by Crippen LogP contribution is 2.28. The summed E-state index contributed by atoms with van der Waals surface area (Å²) in [5.41, 5.74) is 0. The SMILES string of the molecule is CCN(C1COCC1C(=O)O)S(=O)(=O)c1c(Br)nnn1C. The van der Waals surface area contributed by atoms with Crippen LogP contribution in [0.5, 0.6) is 0 Å². The summed E-state index contributed by atoms with van der Waals surface area (Å²) < 4.78 is 33.0. The van der Waals surface area contributed by atoms with E-state index in [9.17, 15) is 18.3 Å². The number of aryl methyl sites for hydroxylation is 1. The van der Waals surface area contributed by atoms with E-state index in [2.05, 4.69) is 26.2 Å². The summed E-state index contributed by atoms with van der Waals surface area (Å²) in [5, 5.41) is 16.4. The maximum Gasteiger partial charge on any atom is 0.310 e. The molecule has 2 rings (SSSR count). The molecule has 21 heavy (non-hydrogen) atoms. The summed E-state index contributed by atoms with van der Waals surface area (Å²) in [6.07, 6.45) is 0. The number of aliphatic carboxylic acids is 1. The van der Waals surface area contributed by atoms with Crippen molar-refractivity contribution < 1.29 is 23.1 Å². The Bertz CT molecular complexity index is 626. The summed E-state index contributed by atoms with van der Waals surface area (Å²) in [4.78, 5) is 11.2. The Morgan fingerprint density at radius 3 is 2.71 bits per heavy atom. The minimum atomic E-state index is -3.94. The van der Waals surface area contributed by atoms with Crippen LogP contribution in [0, 0.1) is 5.92 Å². The third-order valence-corrected chi connectivity index (χ3v) is 6.23. The van der Waals surface area contributed by atoms with Gasteiger partial charge in [0.15, 0.2) is 4.60 Å². The molecule has 0 aromatic carbocycles. The molecule has 118 valence electrons. The number of halogens is 1. The van der Waals surface area contributed by atoms with Gasteiger partial charge in [-0.15, -0.1) is 5.10 Å². The molecule has 1 saturated heterocycles. The molecule has 1 aliphatic rings. The molecule has 0 aliphatic carbocycles. The van der Waals surface area contributed by atoms with E-state index in [4.69, 9.17) is 4.74 Å². The minimum Gasteiger partial charge on any atom is -0.481 e. The van der Waals surface area contributed by atoms with Crippen LogP contribution in [-0.2, 0) is 26.6 Å². The van der Waals surface area contributed by atoms with Crippen LogP contribution in [0.4, 0.5) is 0 Å². The maximum atomic E-state index is 12.8. The topological polar surface area (TPSA) is 115 Å². The van der Waals surface area contributed by atoms with Gasteiger partial charge < -0.3 is 9.84 Å². The number of likely N-dealkylation sites (N-methyl/N-ethyl adjacent to an activating group) is 1. The Morgan fingerprint density at radius 2 is 2.24 bits per heavy atom. The van der Waals surface area contributed by atoms with Crippen LogP contribution in [0.3, 0.4) is 0 Å². The summed E-state index contributed by atoms with van der Waals surface area (Å²) in [5.74, 6) is -1.96. The number of aromatic nitrogens is 3. The second-order valence-corrected chi connectivity index (χ2v) is 7.12. The van der Waals surface area contributed by atoms with Crippen molar-refractivity contribution >= 4 is 31.9 Å². The highest BCUT2D eigenvalue weighted by atomic mass is 79.9. The van der Waals surface area contributed by atoms with E-state index in [0.29, 0.717) is 0 Å². The fraction of sp³-hybridized carbons (Fsp3) is 0.700. The van der Waals surface area contributed by atoms with Crippen LogP contribution >= 0.6 is 15.9 Å². The Labute approximate surface area is 130 Å². The van der Waals surface area contributed by atoms with E-state index in [0.717, 1.165) is 8.99 Å². The second kappa shape index (κ2) is 5.99. The molecule has 2 heterocycles. The standard InChI is InChI=1S/C10H15BrN4O5S/c1-3-15(7-5-20-4-6(7)10(16)17)21(18,19)9-8(11)12-13-14(9)2/h6-7H,3-5H2,1-2H3,(H,16,17). The van der Waals surface area contributed by atoms with Gasteiger partial charge in [-0.05, 0) is 15.9 Å². The quantitative estimate of drug-likeness (QED) is 0.742. The van der Waals surface area contributed by atoms with Crippen molar-refractivity contribution in [1.82, 2.24) is 19.3 Å². The molecule has 2 atom stereocenters. The minimum absolute atomic E-state index is 0.00315. The lowest BCUT2D eigenvalue weighted by Gasteiger charge is -2.28. The van der Waals surface area contributed by atoms with E-state index >= 15 is 0 Å². The average molecular weight is 383 g/mol. The molecule has 0 bridgehead atoms. The number of carbonyl (C=O) groups is 1. The third kappa shape index (κ3) is 2.82. The van der Waals surface area contributed by atoms with Crippen LogP contribution in [-0.4, -0.2) is 64.6 Å². The van der Waals surface area contributed by atoms with Gasteiger partial charge in [0.25, 0.3) is 10.0 Å². The van der Waals surface area contributed by atoms with E-state index < -0.39 is 28.0 Å². The van der Waals surface area contributed by atoms with Gasteiger partial charge in [0, 0.05) is 13.6 Å². The molecule has 1 aromatic rings. The number of ether oxygens (including phenoxy) is 1. The van der Waals surface area contributed by atoms with Gasteiger partial charge in [-0.3, -0.25) is 4.79 Å². The zero-order valence-corrected chi connectivity index (χ0v) is 13.8. The monoisotopic (exact) mass is 382 g/mol. The summed E-state index contributed by atoms with van der Waals surface area (Å²) in [7, 11) is -2.48. The Morgan fingerprint density at radius 1 is 1.57 bits per heavy atom. The molecule has 0 amide bonds. The fourth-order valence-corrected chi connectivity index (χ4v) is 5.04. The van der Waals surface area contributed by atoms with Gasteiger partial charge in [-0.25, -0.2) is 13.1 Å². The molecular formula is C10H15BrN4O5S. The molecule has 2 unspecified atom stereocenters. The second-order valence-electron chi connectivity index (χ2n) is 4.57. The largest absolute Gasteiger partial charge is 0.481 e. The average Bonchev–Trinajstić information content (AvgIpc) is 2.97. The van der Waals surface area contributed by atoms with Crippen molar-refractivity contribution in [3.05, 3.63) is 4.60 Å². The number of hydrogen-bond acceptors (Lipinski definition) is 6. The predicted octanol–water partition coefficient (Wildman–Crippen LogP) is -0.312. The number of hydrogen-bond donors (Lipinski definition) is 1. The van der Waals surface area contributed by atoms with Crippen molar-refractivity contribution in [2.75, 3.05) is 19.8 Å². The van der Waals surface area contributed by atoms with Crippen LogP contribution in [0.1, 0.15) is 6.92 Å². The van der Waals surface area contributed by atoms with Crippen molar-refractivity contribution in [3.63, 3.8) is 0 Å². The summed E-state index contributed by atoms with van der Waals surface area (Å²) in [6, 6.07) is -0.751. The first kappa shape index (κ1) is 16.3. The van der Waals surface area contributed by atoms with Crippen molar-refractivity contribution in [2.24, 2.45) is 13.0 Å². The van der Waals surface area contributed by atoms with Gasteiger partial charge >= 0.3 is 5.97 Å². The lowest BCUT2D eigenvalue weighted by Crippen LogP contribution is -2.46. The Balaban J connectivity index is 2.43. The molecule has 1 aromatic heterocycles. The first-order chi connectivity index (χ1) is 9.80. The zero-order valence-electron chi connectivity index (χ0n) is 11.4. The molecular weight excluding hydrogens is 368 g/mol. The highest BCUT2D eigenvalue weighted by Gasteiger charge is 2.44. The molecule has 1 aliphatic heterocycles. The predicted molar refractivity (Wildman–Crippen MR) is 74.0 cm³/mol. The van der Waals surface area contributed by atoms with E-state index in [1.54, 1.807) is 6.92 Å². The number of nitrogens with zero attached hydrogens (tertiary/aromatic N) is 4. The van der Waals surface area contributed by atoms with Gasteiger partial charge in [0.1, 0.15) is 0 Å². The smallest absolute Gasteiger partial charge is 0.310 e. The number of carboxylic acid groups (broad SMARTS) is 1. The molecule has 1 fully saturated rings. The summed E-state index contributed by atoms with van der Waals surface area (Å²) >= 11 is 3.06. The van der Waals surface area contributed by atoms with Gasteiger partial charge in [-0.1, -0.05) is 12.1 Å². The van der Waals surface area contributed by atoms with Gasteiger partial charge in [-0.2, -0.15) is 4.31 Å². The zero-order chi connectivity index (χ0) is 15.8. The van der Waals surface area contributed by atoms with Crippen LogP contribution in [0.2, 0.25) is 0 Å². The lowest BCUT2D eigenvalue weighted by atomic mass is 10.0. The van der Waals surface area contributed by atoms with Crippen LogP contribution in [0.25, 0.3) is 0 Å². The molecule has 11 heteroatoms. The molecule has 0 radical (unpaired) electrons. The van der Waals surface area contributed by atoms with Crippen molar-refractivity contribution in [1.29, 1.82) is 0 Å². The first-order valence-corrected chi connectivity index (χ1v) is 8.41. The maximum absolute atomic E-state index is 12.8. The van der Waals surface area contributed by atoms with E-state index in [-0.39, 0.29) is 29.4 Å². The lowest BCUT2D eigenvalue weighted by molar-refractivity contribution is -0.142.